The first-order valence-electron chi connectivity index (χ1n) is 12.7. The van der Waals surface area contributed by atoms with Crippen LogP contribution in [0.25, 0.3) is 10.9 Å². The van der Waals surface area contributed by atoms with E-state index in [2.05, 4.69) is 51.5 Å². The molecule has 2 amide bonds. The Hall–Kier alpha value is -2.64. The Morgan fingerprint density at radius 2 is 2.21 bits per heavy atom. The molecule has 2 aromatic rings. The van der Waals surface area contributed by atoms with E-state index >= 15 is 0 Å². The number of carbonyl (C=O) groups excluding carboxylic acids is 2. The van der Waals surface area contributed by atoms with E-state index < -0.39 is 0 Å². The number of piperidine rings is 1. The van der Waals surface area contributed by atoms with Crippen LogP contribution in [0, 0.1) is 5.92 Å². The summed E-state index contributed by atoms with van der Waals surface area (Å²) in [7, 11) is 0. The SMILES string of the molecule is C=CCN1C[C@H](CN(CCCNCC(C)=O)C(=O)NCC)C[C@@H]2c3cccc4[nH]cc(c34)C[C@H]21. The molecule has 3 atom stereocenters. The van der Waals surface area contributed by atoms with Crippen molar-refractivity contribution in [1.82, 2.24) is 25.4 Å². The Bertz CT molecular complexity index is 1020. The number of fused-ring (bicyclic) bond motifs is 2. The van der Waals surface area contributed by atoms with Crippen LogP contribution in [0.4, 0.5) is 4.79 Å². The summed E-state index contributed by atoms with van der Waals surface area (Å²) in [6.45, 7) is 12.6. The fourth-order valence-corrected chi connectivity index (χ4v) is 5.92. The summed E-state index contributed by atoms with van der Waals surface area (Å²) in [6.07, 6.45) is 7.16. The van der Waals surface area contributed by atoms with Gasteiger partial charge in [-0.3, -0.25) is 9.69 Å². The first-order chi connectivity index (χ1) is 16.5. The van der Waals surface area contributed by atoms with Gasteiger partial charge in [0.25, 0.3) is 0 Å². The maximum absolute atomic E-state index is 12.9. The summed E-state index contributed by atoms with van der Waals surface area (Å²) in [5.41, 5.74) is 4.09. The lowest BCUT2D eigenvalue weighted by atomic mass is 9.72. The van der Waals surface area contributed by atoms with Gasteiger partial charge in [0.1, 0.15) is 5.78 Å². The zero-order valence-electron chi connectivity index (χ0n) is 20.6. The molecule has 34 heavy (non-hydrogen) atoms. The van der Waals surface area contributed by atoms with Crippen LogP contribution in [-0.4, -0.2) is 78.5 Å². The Labute approximate surface area is 202 Å². The molecule has 1 fully saturated rings. The molecule has 184 valence electrons. The second kappa shape index (κ2) is 11.2. The monoisotopic (exact) mass is 465 g/mol. The highest BCUT2D eigenvalue weighted by Gasteiger charge is 2.41. The number of amides is 2. The smallest absolute Gasteiger partial charge is 0.317 e. The van der Waals surface area contributed by atoms with E-state index in [0.29, 0.717) is 37.5 Å². The molecule has 7 nitrogen and oxygen atoms in total. The lowest BCUT2D eigenvalue weighted by molar-refractivity contribution is -0.116. The molecule has 2 heterocycles. The van der Waals surface area contributed by atoms with Gasteiger partial charge in [0.2, 0.25) is 0 Å². The number of likely N-dealkylation sites (tertiary alicyclic amines) is 1. The second-order valence-corrected chi connectivity index (χ2v) is 9.82. The maximum atomic E-state index is 12.9. The van der Waals surface area contributed by atoms with Gasteiger partial charge in [-0.1, -0.05) is 18.2 Å². The lowest BCUT2D eigenvalue weighted by Gasteiger charge is -2.47. The van der Waals surface area contributed by atoms with Crippen LogP contribution >= 0.6 is 0 Å². The van der Waals surface area contributed by atoms with Gasteiger partial charge in [-0.2, -0.15) is 0 Å². The molecular formula is C27H39N5O2. The number of hydrogen-bond acceptors (Lipinski definition) is 4. The lowest BCUT2D eigenvalue weighted by Crippen LogP contribution is -2.53. The Morgan fingerprint density at radius 3 is 2.97 bits per heavy atom. The summed E-state index contributed by atoms with van der Waals surface area (Å²) in [5.74, 6) is 0.983. The van der Waals surface area contributed by atoms with Crippen molar-refractivity contribution in [2.45, 2.75) is 45.1 Å². The Balaban J connectivity index is 1.49. The zero-order valence-corrected chi connectivity index (χ0v) is 20.6. The first kappa shape index (κ1) is 24.5. The molecule has 0 saturated carbocycles. The van der Waals surface area contributed by atoms with Gasteiger partial charge >= 0.3 is 6.03 Å². The van der Waals surface area contributed by atoms with E-state index in [1.165, 1.54) is 22.0 Å². The zero-order chi connectivity index (χ0) is 24.1. The molecule has 1 aromatic carbocycles. The number of ketones is 1. The van der Waals surface area contributed by atoms with E-state index in [1.807, 2.05) is 17.9 Å². The van der Waals surface area contributed by atoms with Crippen molar-refractivity contribution >= 4 is 22.7 Å². The molecule has 2 aliphatic rings. The molecule has 7 heteroatoms. The summed E-state index contributed by atoms with van der Waals surface area (Å²) in [5, 5.41) is 7.56. The molecule has 0 unspecified atom stereocenters. The van der Waals surface area contributed by atoms with Crippen LogP contribution < -0.4 is 10.6 Å². The molecule has 1 saturated heterocycles. The molecule has 0 radical (unpaired) electrons. The van der Waals surface area contributed by atoms with Crippen LogP contribution in [0.5, 0.6) is 0 Å². The molecule has 4 rings (SSSR count). The first-order valence-corrected chi connectivity index (χ1v) is 12.7. The topological polar surface area (TPSA) is 80.5 Å². The van der Waals surface area contributed by atoms with Crippen LogP contribution in [0.1, 0.15) is 43.7 Å². The summed E-state index contributed by atoms with van der Waals surface area (Å²) < 4.78 is 0. The average Bonchev–Trinajstić information content (AvgIpc) is 3.23. The van der Waals surface area contributed by atoms with E-state index in [-0.39, 0.29) is 11.8 Å². The van der Waals surface area contributed by atoms with Crippen molar-refractivity contribution in [3.63, 3.8) is 0 Å². The highest BCUT2D eigenvalue weighted by Crippen LogP contribution is 2.44. The van der Waals surface area contributed by atoms with E-state index in [4.69, 9.17) is 0 Å². The van der Waals surface area contributed by atoms with E-state index in [0.717, 1.165) is 45.4 Å². The van der Waals surface area contributed by atoms with Crippen molar-refractivity contribution in [2.75, 3.05) is 45.8 Å². The molecule has 1 aliphatic carbocycles. The van der Waals surface area contributed by atoms with Gasteiger partial charge in [-0.25, -0.2) is 4.79 Å². The molecule has 1 aromatic heterocycles. The van der Waals surface area contributed by atoms with Crippen molar-refractivity contribution in [2.24, 2.45) is 5.92 Å². The van der Waals surface area contributed by atoms with Gasteiger partial charge in [0.05, 0.1) is 6.54 Å². The standard InChI is InChI=1S/C27H39N5O2/c1-4-11-31-17-20(18-32(27(34)29-5-2)12-7-10-28-15-19(3)33)13-23-22-8-6-9-24-26(22)21(16-30-24)14-25(23)31/h4,6,8-9,16,20,23,25,28,30H,1,5,7,10-15,17-18H2,2-3H3,(H,29,34)/t20-,23-,25-/m1/s1. The summed E-state index contributed by atoms with van der Waals surface area (Å²) in [4.78, 5) is 32.1. The number of nitrogens with zero attached hydrogens (tertiary/aromatic N) is 2. The molecule has 1 aliphatic heterocycles. The number of benzene rings is 1. The van der Waals surface area contributed by atoms with Gasteiger partial charge in [-0.05, 0) is 62.8 Å². The minimum atomic E-state index is 0.00475. The summed E-state index contributed by atoms with van der Waals surface area (Å²) in [6, 6.07) is 7.10. The van der Waals surface area contributed by atoms with E-state index in [1.54, 1.807) is 6.92 Å². The van der Waals surface area contributed by atoms with Gasteiger partial charge in [-0.15, -0.1) is 6.58 Å². The molecule has 3 N–H and O–H groups in total. The number of hydrogen-bond donors (Lipinski definition) is 3. The minimum Gasteiger partial charge on any atom is -0.361 e. The summed E-state index contributed by atoms with van der Waals surface area (Å²) >= 11 is 0. The second-order valence-electron chi connectivity index (χ2n) is 9.82. The van der Waals surface area contributed by atoms with Gasteiger partial charge < -0.3 is 20.5 Å². The third-order valence-corrected chi connectivity index (χ3v) is 7.27. The number of aromatic nitrogens is 1. The van der Waals surface area contributed by atoms with Gasteiger partial charge in [0.15, 0.2) is 0 Å². The molecular weight excluding hydrogens is 426 g/mol. The number of H-pyrrole nitrogens is 1. The maximum Gasteiger partial charge on any atom is 0.317 e. The highest BCUT2D eigenvalue weighted by atomic mass is 16.2. The van der Waals surface area contributed by atoms with Crippen LogP contribution in [0.15, 0.2) is 37.1 Å². The fraction of sp³-hybridized carbons (Fsp3) is 0.556. The van der Waals surface area contributed by atoms with Crippen LogP contribution in [-0.2, 0) is 11.2 Å². The van der Waals surface area contributed by atoms with Crippen molar-refractivity contribution in [3.05, 3.63) is 48.2 Å². The predicted octanol–water partition coefficient (Wildman–Crippen LogP) is 3.28. The molecule has 0 bridgehead atoms. The fourth-order valence-electron chi connectivity index (χ4n) is 5.92. The average molecular weight is 466 g/mol. The van der Waals surface area contributed by atoms with Crippen molar-refractivity contribution in [3.8, 4) is 0 Å². The number of nitrogens with one attached hydrogen (secondary N) is 3. The van der Waals surface area contributed by atoms with Gasteiger partial charge in [0, 0.05) is 61.8 Å². The predicted molar refractivity (Wildman–Crippen MR) is 137 cm³/mol. The molecule has 0 spiro atoms. The van der Waals surface area contributed by atoms with Crippen molar-refractivity contribution in [1.29, 1.82) is 0 Å². The minimum absolute atomic E-state index is 0.00475. The quantitative estimate of drug-likeness (QED) is 0.351. The Kier molecular flexibility index (Phi) is 8.06. The van der Waals surface area contributed by atoms with E-state index in [9.17, 15) is 9.59 Å². The highest BCUT2D eigenvalue weighted by molar-refractivity contribution is 5.88. The normalized spacial score (nSPS) is 21.8. The number of rotatable bonds is 11. The third-order valence-electron chi connectivity index (χ3n) is 7.27. The largest absolute Gasteiger partial charge is 0.361 e. The third kappa shape index (κ3) is 5.36. The van der Waals surface area contributed by atoms with Crippen molar-refractivity contribution < 1.29 is 9.59 Å². The van der Waals surface area contributed by atoms with Crippen LogP contribution in [0.3, 0.4) is 0 Å². The van der Waals surface area contributed by atoms with Crippen LogP contribution in [0.2, 0.25) is 0 Å². The number of urea groups is 1. The number of carbonyl (C=O) groups is 2. The number of aromatic amines is 1. The number of Topliss-reactive ketones (excluding diaryl/α,β-unsaturated/α-hetero) is 1. The Morgan fingerprint density at radius 1 is 1.35 bits per heavy atom.